The van der Waals surface area contributed by atoms with Crippen LogP contribution in [0.1, 0.15) is 30.9 Å². The molecule has 0 bridgehead atoms. The van der Waals surface area contributed by atoms with Crippen molar-refractivity contribution in [3.05, 3.63) is 52.6 Å². The van der Waals surface area contributed by atoms with Gasteiger partial charge in [0.25, 0.3) is 0 Å². The van der Waals surface area contributed by atoms with E-state index in [4.69, 9.17) is 11.6 Å². The van der Waals surface area contributed by atoms with Crippen molar-refractivity contribution < 1.29 is 4.79 Å². The number of aromatic nitrogens is 2. The number of anilines is 1. The first-order valence-corrected chi connectivity index (χ1v) is 7.19. The van der Waals surface area contributed by atoms with Crippen LogP contribution in [0.25, 0.3) is 0 Å². The number of fused-ring (bicyclic) bond motifs is 1. The highest BCUT2D eigenvalue weighted by molar-refractivity contribution is 6.29. The van der Waals surface area contributed by atoms with Gasteiger partial charge in [-0.3, -0.25) is 4.79 Å². The Bertz CT molecular complexity index is 707. The maximum atomic E-state index is 12.7. The van der Waals surface area contributed by atoms with Crippen molar-refractivity contribution >= 4 is 23.2 Å². The predicted molar refractivity (Wildman–Crippen MR) is 82.4 cm³/mol. The van der Waals surface area contributed by atoms with E-state index in [0.29, 0.717) is 17.5 Å². The summed E-state index contributed by atoms with van der Waals surface area (Å²) in [6.45, 7) is 6.08. The van der Waals surface area contributed by atoms with Crippen molar-refractivity contribution in [2.75, 3.05) is 4.90 Å². The van der Waals surface area contributed by atoms with E-state index in [9.17, 15) is 4.79 Å². The normalized spacial score (nSPS) is 16.2. The van der Waals surface area contributed by atoms with Crippen LogP contribution in [-0.4, -0.2) is 15.9 Å². The molecule has 0 spiro atoms. The van der Waals surface area contributed by atoms with Gasteiger partial charge in [0.2, 0.25) is 5.91 Å². The summed E-state index contributed by atoms with van der Waals surface area (Å²) >= 11 is 5.97. The molecule has 4 nitrogen and oxygen atoms in total. The second kappa shape index (κ2) is 4.81. The van der Waals surface area contributed by atoms with E-state index in [-0.39, 0.29) is 5.91 Å². The Balaban J connectivity index is 2.01. The highest BCUT2D eigenvalue weighted by atomic mass is 35.5. The largest absolute Gasteiger partial charge is 0.304 e. The molecule has 0 radical (unpaired) electrons. The second-order valence-electron chi connectivity index (χ2n) is 5.78. The lowest BCUT2D eigenvalue weighted by Gasteiger charge is -2.19. The summed E-state index contributed by atoms with van der Waals surface area (Å²) in [6, 6.07) is 9.55. The molecule has 1 aromatic heterocycles. The first-order chi connectivity index (χ1) is 9.89. The van der Waals surface area contributed by atoms with Gasteiger partial charge in [-0.25, -0.2) is 9.97 Å². The molecular weight excluding hydrogens is 286 g/mol. The third-order valence-corrected chi connectivity index (χ3v) is 4.01. The smallest absolute Gasteiger partial charge is 0.237 e. The minimum atomic E-state index is -0.524. The molecule has 0 fully saturated rings. The van der Waals surface area contributed by atoms with Crippen LogP contribution >= 0.6 is 11.6 Å². The number of carbonyl (C=O) groups excluding carboxylic acids is 1. The van der Waals surface area contributed by atoms with Gasteiger partial charge in [-0.2, -0.15) is 0 Å². The molecule has 0 N–H and O–H groups in total. The molecule has 0 atom stereocenters. The van der Waals surface area contributed by atoms with Gasteiger partial charge in [-0.1, -0.05) is 29.8 Å². The van der Waals surface area contributed by atoms with Gasteiger partial charge < -0.3 is 4.90 Å². The summed E-state index contributed by atoms with van der Waals surface area (Å²) in [5.41, 5.74) is 2.23. The Labute approximate surface area is 128 Å². The van der Waals surface area contributed by atoms with Gasteiger partial charge in [0.05, 0.1) is 12.0 Å². The summed E-state index contributed by atoms with van der Waals surface area (Å²) in [4.78, 5) is 23.0. The lowest BCUT2D eigenvalue weighted by molar-refractivity contribution is -0.122. The van der Waals surface area contributed by atoms with Crippen LogP contribution < -0.4 is 4.90 Å². The van der Waals surface area contributed by atoms with Gasteiger partial charge >= 0.3 is 0 Å². The van der Waals surface area contributed by atoms with Crippen molar-refractivity contribution in [1.29, 1.82) is 0 Å². The lowest BCUT2D eigenvalue weighted by atomic mass is 9.86. The number of halogens is 1. The van der Waals surface area contributed by atoms with Gasteiger partial charge in [0.1, 0.15) is 11.0 Å². The van der Waals surface area contributed by atoms with Crippen LogP contribution in [-0.2, 0) is 16.8 Å². The molecule has 3 rings (SSSR count). The molecular formula is C16H16ClN3O. The van der Waals surface area contributed by atoms with Crippen molar-refractivity contribution in [2.45, 2.75) is 32.7 Å². The van der Waals surface area contributed by atoms with E-state index < -0.39 is 5.41 Å². The fraction of sp³-hybridized carbons (Fsp3) is 0.312. The Morgan fingerprint density at radius 1 is 1.24 bits per heavy atom. The fourth-order valence-corrected chi connectivity index (χ4v) is 3.01. The highest BCUT2D eigenvalue weighted by Gasteiger charge is 2.43. The number of nitrogens with zero attached hydrogens (tertiary/aromatic N) is 3. The SMILES string of the molecule is Cc1cc(Cl)nc(CN2C(=O)C(C)(C)c3ccccc32)n1. The summed E-state index contributed by atoms with van der Waals surface area (Å²) < 4.78 is 0. The van der Waals surface area contributed by atoms with E-state index >= 15 is 0 Å². The molecule has 108 valence electrons. The first kappa shape index (κ1) is 14.0. The van der Waals surface area contributed by atoms with E-state index in [0.717, 1.165) is 16.9 Å². The average Bonchev–Trinajstić information content (AvgIpc) is 2.60. The van der Waals surface area contributed by atoms with Crippen LogP contribution in [0.5, 0.6) is 0 Å². The Hall–Kier alpha value is -1.94. The van der Waals surface area contributed by atoms with Gasteiger partial charge in [0, 0.05) is 11.4 Å². The van der Waals surface area contributed by atoms with Crippen molar-refractivity contribution in [3.63, 3.8) is 0 Å². The average molecular weight is 302 g/mol. The van der Waals surface area contributed by atoms with E-state index in [1.807, 2.05) is 45.0 Å². The number of hydrogen-bond acceptors (Lipinski definition) is 3. The summed E-state index contributed by atoms with van der Waals surface area (Å²) in [7, 11) is 0. The molecule has 1 amide bonds. The lowest BCUT2D eigenvalue weighted by Crippen LogP contribution is -2.36. The van der Waals surface area contributed by atoms with Gasteiger partial charge in [-0.05, 0) is 38.5 Å². The number of benzene rings is 1. The molecule has 1 aliphatic rings. The minimum Gasteiger partial charge on any atom is -0.304 e. The Kier molecular flexibility index (Phi) is 3.21. The Morgan fingerprint density at radius 3 is 2.67 bits per heavy atom. The van der Waals surface area contributed by atoms with Crippen LogP contribution in [0.15, 0.2) is 30.3 Å². The molecule has 2 heterocycles. The zero-order chi connectivity index (χ0) is 15.2. The van der Waals surface area contributed by atoms with Gasteiger partial charge in [-0.15, -0.1) is 0 Å². The minimum absolute atomic E-state index is 0.0601. The number of rotatable bonds is 2. The van der Waals surface area contributed by atoms with Crippen LogP contribution in [0, 0.1) is 6.92 Å². The summed E-state index contributed by atoms with van der Waals surface area (Å²) in [5, 5.41) is 0.400. The topological polar surface area (TPSA) is 46.1 Å². The van der Waals surface area contributed by atoms with Crippen LogP contribution in [0.3, 0.4) is 0 Å². The third kappa shape index (κ3) is 2.29. The molecule has 2 aromatic rings. The third-order valence-electron chi connectivity index (χ3n) is 3.82. The predicted octanol–water partition coefficient (Wildman–Crippen LogP) is 3.26. The number of carbonyl (C=O) groups is 1. The quantitative estimate of drug-likeness (QED) is 0.800. The highest BCUT2D eigenvalue weighted by Crippen LogP contribution is 2.41. The maximum Gasteiger partial charge on any atom is 0.237 e. The molecule has 0 unspecified atom stereocenters. The standard InChI is InChI=1S/C16H16ClN3O/c1-10-8-13(17)19-14(18-10)9-20-12-7-5-4-6-11(12)16(2,3)15(20)21/h4-8H,9H2,1-3H3. The zero-order valence-corrected chi connectivity index (χ0v) is 13.0. The molecule has 21 heavy (non-hydrogen) atoms. The number of amides is 1. The van der Waals surface area contributed by atoms with Crippen molar-refractivity contribution in [3.8, 4) is 0 Å². The molecule has 1 aliphatic heterocycles. The second-order valence-corrected chi connectivity index (χ2v) is 6.17. The van der Waals surface area contributed by atoms with Crippen molar-refractivity contribution in [2.24, 2.45) is 0 Å². The molecule has 0 saturated carbocycles. The summed E-state index contributed by atoms with van der Waals surface area (Å²) in [6.07, 6.45) is 0. The summed E-state index contributed by atoms with van der Waals surface area (Å²) in [5.74, 6) is 0.616. The Morgan fingerprint density at radius 2 is 1.95 bits per heavy atom. The zero-order valence-electron chi connectivity index (χ0n) is 12.2. The molecule has 5 heteroatoms. The molecule has 1 aromatic carbocycles. The first-order valence-electron chi connectivity index (χ1n) is 6.81. The van der Waals surface area contributed by atoms with E-state index in [2.05, 4.69) is 9.97 Å². The van der Waals surface area contributed by atoms with Crippen molar-refractivity contribution in [1.82, 2.24) is 9.97 Å². The maximum absolute atomic E-state index is 12.7. The van der Waals surface area contributed by atoms with Crippen LogP contribution in [0.4, 0.5) is 5.69 Å². The number of hydrogen-bond donors (Lipinski definition) is 0. The fourth-order valence-electron chi connectivity index (χ4n) is 2.76. The van der Waals surface area contributed by atoms with Gasteiger partial charge in [0.15, 0.2) is 0 Å². The van der Waals surface area contributed by atoms with Crippen LogP contribution in [0.2, 0.25) is 5.15 Å². The molecule has 0 saturated heterocycles. The van der Waals surface area contributed by atoms with E-state index in [1.165, 1.54) is 0 Å². The number of para-hydroxylation sites is 1. The number of aryl methyl sites for hydroxylation is 1. The molecule has 0 aliphatic carbocycles. The monoisotopic (exact) mass is 301 g/mol. The van der Waals surface area contributed by atoms with E-state index in [1.54, 1.807) is 11.0 Å².